The van der Waals surface area contributed by atoms with Gasteiger partial charge in [-0.15, -0.1) is 0 Å². The third-order valence-electron chi connectivity index (χ3n) is 3.25. The highest BCUT2D eigenvalue weighted by Crippen LogP contribution is 2.19. The molecule has 0 aliphatic heterocycles. The third kappa shape index (κ3) is 4.73. The maximum absolute atomic E-state index is 5.60. The zero-order valence-corrected chi connectivity index (χ0v) is 11.4. The molecular formula is C14H25N3. The van der Waals surface area contributed by atoms with Crippen LogP contribution in [0.2, 0.25) is 0 Å². The number of hydrogen-bond donors (Lipinski definition) is 2. The van der Waals surface area contributed by atoms with Crippen LogP contribution in [0.15, 0.2) is 18.3 Å². The van der Waals surface area contributed by atoms with Crippen molar-refractivity contribution in [3.05, 3.63) is 24.0 Å². The number of nitrogens with one attached hydrogen (secondary N) is 1. The van der Waals surface area contributed by atoms with Gasteiger partial charge in [0, 0.05) is 6.54 Å². The van der Waals surface area contributed by atoms with E-state index in [9.17, 15) is 0 Å². The van der Waals surface area contributed by atoms with Crippen LogP contribution in [0.4, 0.5) is 5.69 Å². The molecule has 0 saturated heterocycles. The molecule has 17 heavy (non-hydrogen) atoms. The lowest BCUT2D eigenvalue weighted by Crippen LogP contribution is -2.29. The molecular weight excluding hydrogens is 210 g/mol. The van der Waals surface area contributed by atoms with Crippen molar-refractivity contribution in [2.75, 3.05) is 12.3 Å². The van der Waals surface area contributed by atoms with Crippen LogP contribution in [0.5, 0.6) is 0 Å². The van der Waals surface area contributed by atoms with Crippen LogP contribution in [0.3, 0.4) is 0 Å². The molecule has 1 rings (SSSR count). The van der Waals surface area contributed by atoms with Crippen molar-refractivity contribution >= 4 is 5.69 Å². The standard InChI is InChI=1S/C14H25N3/c1-10(2)14(11(3)4)9-16-8-13-6-5-12(15)7-17-13/h5-7,10-11,14,16H,8-9,15H2,1-4H3. The Bertz CT molecular complexity index is 309. The average Bonchev–Trinajstić information content (AvgIpc) is 2.25. The van der Waals surface area contributed by atoms with Gasteiger partial charge < -0.3 is 11.1 Å². The van der Waals surface area contributed by atoms with Crippen molar-refractivity contribution in [1.29, 1.82) is 0 Å². The summed E-state index contributed by atoms with van der Waals surface area (Å²) < 4.78 is 0. The first kappa shape index (κ1) is 14.0. The van der Waals surface area contributed by atoms with Crippen molar-refractivity contribution in [2.24, 2.45) is 17.8 Å². The lowest BCUT2D eigenvalue weighted by molar-refractivity contribution is 0.275. The Balaban J connectivity index is 2.38. The van der Waals surface area contributed by atoms with Gasteiger partial charge in [0.1, 0.15) is 0 Å². The average molecular weight is 235 g/mol. The first-order chi connectivity index (χ1) is 8.00. The lowest BCUT2D eigenvalue weighted by Gasteiger charge is -2.25. The Morgan fingerprint density at radius 3 is 2.29 bits per heavy atom. The van der Waals surface area contributed by atoms with E-state index in [-0.39, 0.29) is 0 Å². The molecule has 0 bridgehead atoms. The smallest absolute Gasteiger partial charge is 0.0543 e. The lowest BCUT2D eigenvalue weighted by atomic mass is 9.85. The van der Waals surface area contributed by atoms with Crippen LogP contribution >= 0.6 is 0 Å². The highest BCUT2D eigenvalue weighted by Gasteiger charge is 2.16. The molecule has 0 unspecified atom stereocenters. The Labute approximate surface area is 105 Å². The quantitative estimate of drug-likeness (QED) is 0.797. The molecule has 0 aliphatic rings. The zero-order chi connectivity index (χ0) is 12.8. The largest absolute Gasteiger partial charge is 0.397 e. The molecule has 96 valence electrons. The number of anilines is 1. The van der Waals surface area contributed by atoms with Crippen LogP contribution in [0, 0.1) is 17.8 Å². The summed E-state index contributed by atoms with van der Waals surface area (Å²) in [6, 6.07) is 3.87. The van der Waals surface area contributed by atoms with Crippen LogP contribution in [0.25, 0.3) is 0 Å². The summed E-state index contributed by atoms with van der Waals surface area (Å²) in [6.45, 7) is 11.0. The normalized spacial score (nSPS) is 11.7. The molecule has 0 aromatic carbocycles. The van der Waals surface area contributed by atoms with Gasteiger partial charge in [0.2, 0.25) is 0 Å². The SMILES string of the molecule is CC(C)C(CNCc1ccc(N)cn1)C(C)C. The fraction of sp³-hybridized carbons (Fsp3) is 0.643. The van der Waals surface area contributed by atoms with Gasteiger partial charge in [-0.05, 0) is 36.4 Å². The van der Waals surface area contributed by atoms with Crippen LogP contribution < -0.4 is 11.1 Å². The van der Waals surface area contributed by atoms with Gasteiger partial charge in [-0.3, -0.25) is 4.98 Å². The summed E-state index contributed by atoms with van der Waals surface area (Å²) in [7, 11) is 0. The minimum Gasteiger partial charge on any atom is -0.397 e. The molecule has 0 atom stereocenters. The summed E-state index contributed by atoms with van der Waals surface area (Å²) >= 11 is 0. The van der Waals surface area contributed by atoms with E-state index in [1.165, 1.54) is 0 Å². The van der Waals surface area contributed by atoms with E-state index in [1.807, 2.05) is 12.1 Å². The molecule has 0 saturated carbocycles. The zero-order valence-electron chi connectivity index (χ0n) is 11.4. The van der Waals surface area contributed by atoms with E-state index in [4.69, 9.17) is 5.73 Å². The third-order valence-corrected chi connectivity index (χ3v) is 3.25. The number of nitrogens with zero attached hydrogens (tertiary/aromatic N) is 1. The first-order valence-electron chi connectivity index (χ1n) is 6.41. The molecule has 1 heterocycles. The van der Waals surface area contributed by atoms with Crippen molar-refractivity contribution in [2.45, 2.75) is 34.2 Å². The van der Waals surface area contributed by atoms with Crippen LogP contribution in [-0.4, -0.2) is 11.5 Å². The van der Waals surface area contributed by atoms with Gasteiger partial charge >= 0.3 is 0 Å². The number of aromatic nitrogens is 1. The molecule has 0 fully saturated rings. The number of nitrogens with two attached hydrogens (primary N) is 1. The van der Waals surface area contributed by atoms with Crippen LogP contribution in [0.1, 0.15) is 33.4 Å². The Morgan fingerprint density at radius 1 is 1.18 bits per heavy atom. The minimum absolute atomic E-state index is 0.710. The van der Waals surface area contributed by atoms with Crippen molar-refractivity contribution in [3.63, 3.8) is 0 Å². The molecule has 1 aromatic heterocycles. The van der Waals surface area contributed by atoms with Gasteiger partial charge in [0.25, 0.3) is 0 Å². The van der Waals surface area contributed by atoms with E-state index in [1.54, 1.807) is 6.20 Å². The van der Waals surface area contributed by atoms with Crippen molar-refractivity contribution in [3.8, 4) is 0 Å². The second-order valence-electron chi connectivity index (χ2n) is 5.37. The number of nitrogen functional groups attached to an aromatic ring is 1. The van der Waals surface area contributed by atoms with E-state index in [0.29, 0.717) is 17.8 Å². The Hall–Kier alpha value is -1.09. The maximum atomic E-state index is 5.60. The number of rotatable bonds is 6. The maximum Gasteiger partial charge on any atom is 0.0543 e. The molecule has 0 spiro atoms. The highest BCUT2D eigenvalue weighted by atomic mass is 14.9. The second kappa shape index (κ2) is 6.60. The second-order valence-corrected chi connectivity index (χ2v) is 5.37. The monoisotopic (exact) mass is 235 g/mol. The predicted octanol–water partition coefficient (Wildman–Crippen LogP) is 2.68. The van der Waals surface area contributed by atoms with Gasteiger partial charge in [-0.1, -0.05) is 27.7 Å². The Morgan fingerprint density at radius 2 is 1.82 bits per heavy atom. The Kier molecular flexibility index (Phi) is 5.42. The topological polar surface area (TPSA) is 50.9 Å². The summed E-state index contributed by atoms with van der Waals surface area (Å²) in [5.74, 6) is 2.13. The molecule has 3 N–H and O–H groups in total. The highest BCUT2D eigenvalue weighted by molar-refractivity contribution is 5.34. The fourth-order valence-corrected chi connectivity index (χ4v) is 2.15. The first-order valence-corrected chi connectivity index (χ1v) is 6.41. The predicted molar refractivity (Wildman–Crippen MR) is 73.5 cm³/mol. The van der Waals surface area contributed by atoms with Crippen molar-refractivity contribution < 1.29 is 0 Å². The van der Waals surface area contributed by atoms with E-state index in [0.717, 1.165) is 24.5 Å². The molecule has 0 amide bonds. The van der Waals surface area contributed by atoms with E-state index >= 15 is 0 Å². The summed E-state index contributed by atoms with van der Waals surface area (Å²) in [6.07, 6.45) is 1.71. The molecule has 1 aromatic rings. The number of hydrogen-bond acceptors (Lipinski definition) is 3. The summed E-state index contributed by atoms with van der Waals surface area (Å²) in [5, 5.41) is 3.48. The van der Waals surface area contributed by atoms with E-state index in [2.05, 4.69) is 38.0 Å². The summed E-state index contributed by atoms with van der Waals surface area (Å²) in [5.41, 5.74) is 7.37. The molecule has 3 nitrogen and oxygen atoms in total. The fourth-order valence-electron chi connectivity index (χ4n) is 2.15. The van der Waals surface area contributed by atoms with Crippen molar-refractivity contribution in [1.82, 2.24) is 10.3 Å². The molecule has 0 radical (unpaired) electrons. The van der Waals surface area contributed by atoms with Gasteiger partial charge in [-0.25, -0.2) is 0 Å². The van der Waals surface area contributed by atoms with Gasteiger partial charge in [-0.2, -0.15) is 0 Å². The van der Waals surface area contributed by atoms with E-state index < -0.39 is 0 Å². The summed E-state index contributed by atoms with van der Waals surface area (Å²) in [4.78, 5) is 4.28. The molecule has 0 aliphatic carbocycles. The molecule has 3 heteroatoms. The minimum atomic E-state index is 0.710. The van der Waals surface area contributed by atoms with Gasteiger partial charge in [0.05, 0.1) is 17.6 Å². The van der Waals surface area contributed by atoms with Crippen LogP contribution in [-0.2, 0) is 6.54 Å². The van der Waals surface area contributed by atoms with Gasteiger partial charge in [0.15, 0.2) is 0 Å². The number of pyridine rings is 1.